The number of benzene rings is 3. The fourth-order valence-electron chi connectivity index (χ4n) is 4.51. The summed E-state index contributed by atoms with van der Waals surface area (Å²) in [5, 5.41) is 8.72. The van der Waals surface area contributed by atoms with E-state index in [9.17, 15) is 9.18 Å². The van der Waals surface area contributed by atoms with Gasteiger partial charge in [0.1, 0.15) is 5.82 Å². The first-order valence-electron chi connectivity index (χ1n) is 11.7. The number of rotatable bonds is 6. The molecule has 2 heterocycles. The highest BCUT2D eigenvalue weighted by Crippen LogP contribution is 2.28. The number of amides is 1. The van der Waals surface area contributed by atoms with Crippen LogP contribution in [0.1, 0.15) is 38.4 Å². The lowest BCUT2D eigenvalue weighted by atomic mass is 10.1. The highest BCUT2D eigenvalue weighted by atomic mass is 35.5. The average Bonchev–Trinajstić information content (AvgIpc) is 3.33. The third-order valence-corrected chi connectivity index (χ3v) is 7.03. The normalized spacial score (nSPS) is 11.2. The molecule has 0 spiro atoms. The topological polar surface area (TPSA) is 51.9 Å². The van der Waals surface area contributed by atoms with Crippen LogP contribution in [-0.2, 0) is 13.1 Å². The van der Waals surface area contributed by atoms with Crippen LogP contribution in [0.2, 0.25) is 5.02 Å². The van der Waals surface area contributed by atoms with E-state index < -0.39 is 0 Å². The summed E-state index contributed by atoms with van der Waals surface area (Å²) in [6.45, 7) is 6.98. The van der Waals surface area contributed by atoms with E-state index >= 15 is 0 Å². The summed E-state index contributed by atoms with van der Waals surface area (Å²) >= 11 is 6.17. The Kier molecular flexibility index (Phi) is 6.37. The molecule has 1 amide bonds. The van der Waals surface area contributed by atoms with Gasteiger partial charge in [0.05, 0.1) is 6.54 Å². The lowest BCUT2D eigenvalue weighted by Crippen LogP contribution is -2.13. The van der Waals surface area contributed by atoms with Gasteiger partial charge in [0.25, 0.3) is 5.91 Å². The molecule has 5 aromatic rings. The van der Waals surface area contributed by atoms with Crippen molar-refractivity contribution < 1.29 is 9.18 Å². The maximum atomic E-state index is 14.2. The van der Waals surface area contributed by atoms with Crippen molar-refractivity contribution in [2.45, 2.75) is 33.9 Å². The average molecular weight is 501 g/mol. The Balaban J connectivity index is 1.38. The molecule has 0 radical (unpaired) electrons. The van der Waals surface area contributed by atoms with Crippen molar-refractivity contribution in [1.82, 2.24) is 14.3 Å². The number of carbonyl (C=O) groups excluding carboxylic acids is 1. The Morgan fingerprint density at radius 3 is 2.50 bits per heavy atom. The molecule has 0 saturated heterocycles. The number of anilines is 1. The molecule has 182 valence electrons. The van der Waals surface area contributed by atoms with Gasteiger partial charge in [-0.15, -0.1) is 0 Å². The molecule has 0 atom stereocenters. The van der Waals surface area contributed by atoms with Crippen LogP contribution in [0.5, 0.6) is 0 Å². The molecular weight excluding hydrogens is 475 g/mol. The molecule has 0 aliphatic rings. The quantitative estimate of drug-likeness (QED) is 0.275. The van der Waals surface area contributed by atoms with E-state index in [4.69, 9.17) is 11.6 Å². The third kappa shape index (κ3) is 4.52. The van der Waals surface area contributed by atoms with Crippen molar-refractivity contribution in [3.63, 3.8) is 0 Å². The number of nitrogens with zero attached hydrogens (tertiary/aromatic N) is 3. The molecule has 0 fully saturated rings. The van der Waals surface area contributed by atoms with Crippen LogP contribution < -0.4 is 5.32 Å². The Morgan fingerprint density at radius 1 is 0.972 bits per heavy atom. The minimum absolute atomic E-state index is 0.173. The molecule has 7 heteroatoms. The van der Waals surface area contributed by atoms with Crippen molar-refractivity contribution in [3.05, 3.63) is 117 Å². The molecule has 36 heavy (non-hydrogen) atoms. The van der Waals surface area contributed by atoms with Gasteiger partial charge in [-0.05, 0) is 62.2 Å². The van der Waals surface area contributed by atoms with E-state index in [1.165, 1.54) is 17.3 Å². The summed E-state index contributed by atoms with van der Waals surface area (Å²) in [6.07, 6.45) is 0. The van der Waals surface area contributed by atoms with E-state index in [-0.39, 0.29) is 18.3 Å². The Labute approximate surface area is 214 Å². The molecule has 0 saturated carbocycles. The van der Waals surface area contributed by atoms with E-state index in [0.29, 0.717) is 22.0 Å². The predicted octanol–water partition coefficient (Wildman–Crippen LogP) is 6.90. The van der Waals surface area contributed by atoms with Gasteiger partial charge < -0.3 is 9.88 Å². The summed E-state index contributed by atoms with van der Waals surface area (Å²) in [5.74, 6) is -0.237. The summed E-state index contributed by atoms with van der Waals surface area (Å²) in [4.78, 5) is 13.1. The largest absolute Gasteiger partial charge is 0.340 e. The van der Waals surface area contributed by atoms with Gasteiger partial charge in [-0.2, -0.15) is 5.10 Å². The standard InChI is InChI=1S/C29H26ClFN4O/c1-18-14-28(33-35(18)17-24-25(30)10-7-11-26(24)31)32-29(36)22-12-13-27-23(15-22)19(2)20(3)34(27)16-21-8-5-4-6-9-21/h4-15H,16-17H2,1-3H3,(H,32,33,36). The first kappa shape index (κ1) is 23.8. The number of aromatic nitrogens is 3. The number of aryl methyl sites for hydroxylation is 2. The zero-order chi connectivity index (χ0) is 25.4. The Hall–Kier alpha value is -3.90. The van der Waals surface area contributed by atoms with Crippen LogP contribution in [-0.4, -0.2) is 20.3 Å². The van der Waals surface area contributed by atoms with E-state index in [1.807, 2.05) is 43.3 Å². The van der Waals surface area contributed by atoms with Crippen LogP contribution >= 0.6 is 11.6 Å². The zero-order valence-electron chi connectivity index (χ0n) is 20.3. The van der Waals surface area contributed by atoms with Gasteiger partial charge in [0.15, 0.2) is 5.82 Å². The minimum atomic E-state index is -0.388. The fraction of sp³-hybridized carbons (Fsp3) is 0.172. The molecule has 1 N–H and O–H groups in total. The molecule has 3 aromatic carbocycles. The highest BCUT2D eigenvalue weighted by molar-refractivity contribution is 6.31. The minimum Gasteiger partial charge on any atom is -0.340 e. The number of nitrogens with one attached hydrogen (secondary N) is 1. The second-order valence-corrected chi connectivity index (χ2v) is 9.40. The summed E-state index contributed by atoms with van der Waals surface area (Å²) in [7, 11) is 0. The molecule has 0 unspecified atom stereocenters. The van der Waals surface area contributed by atoms with Crippen molar-refractivity contribution in [2.24, 2.45) is 0 Å². The van der Waals surface area contributed by atoms with Crippen LogP contribution in [0.15, 0.2) is 72.8 Å². The smallest absolute Gasteiger partial charge is 0.256 e. The van der Waals surface area contributed by atoms with Crippen molar-refractivity contribution >= 4 is 34.2 Å². The second kappa shape index (κ2) is 9.63. The van der Waals surface area contributed by atoms with E-state index in [1.54, 1.807) is 22.9 Å². The van der Waals surface area contributed by atoms with Crippen LogP contribution in [0.4, 0.5) is 10.2 Å². The number of hydrogen-bond donors (Lipinski definition) is 1. The predicted molar refractivity (Wildman–Crippen MR) is 142 cm³/mol. The van der Waals surface area contributed by atoms with Crippen molar-refractivity contribution in [2.75, 3.05) is 5.32 Å². The third-order valence-electron chi connectivity index (χ3n) is 6.68. The highest BCUT2D eigenvalue weighted by Gasteiger charge is 2.16. The van der Waals surface area contributed by atoms with Crippen molar-refractivity contribution in [3.8, 4) is 0 Å². The maximum Gasteiger partial charge on any atom is 0.256 e. The van der Waals surface area contributed by atoms with Crippen LogP contribution in [0.25, 0.3) is 10.9 Å². The summed E-state index contributed by atoms with van der Waals surface area (Å²) in [5.41, 5.74) is 6.33. The van der Waals surface area contributed by atoms with Crippen LogP contribution in [0.3, 0.4) is 0 Å². The molecular formula is C29H26ClFN4O. The van der Waals surface area contributed by atoms with Crippen molar-refractivity contribution in [1.29, 1.82) is 0 Å². The van der Waals surface area contributed by atoms with Gasteiger partial charge in [-0.25, -0.2) is 4.39 Å². The second-order valence-electron chi connectivity index (χ2n) is 9.00. The van der Waals surface area contributed by atoms with Gasteiger partial charge in [-0.3, -0.25) is 9.48 Å². The van der Waals surface area contributed by atoms with Gasteiger partial charge in [0, 0.05) is 51.1 Å². The SMILES string of the molecule is Cc1c(C)n(Cc2ccccc2)c2ccc(C(=O)Nc3cc(C)n(Cc4c(F)cccc4Cl)n3)cc12. The Bertz CT molecular complexity index is 1570. The Morgan fingerprint density at radius 2 is 1.75 bits per heavy atom. The monoisotopic (exact) mass is 500 g/mol. The molecule has 2 aromatic heterocycles. The van der Waals surface area contributed by atoms with Crippen LogP contribution in [0, 0.1) is 26.6 Å². The lowest BCUT2D eigenvalue weighted by molar-refractivity contribution is 0.102. The maximum absolute atomic E-state index is 14.2. The first-order valence-corrected chi connectivity index (χ1v) is 12.1. The lowest BCUT2D eigenvalue weighted by Gasteiger charge is -2.09. The molecule has 5 nitrogen and oxygen atoms in total. The van der Waals surface area contributed by atoms with Gasteiger partial charge in [-0.1, -0.05) is 48.0 Å². The molecule has 5 rings (SSSR count). The molecule has 0 aliphatic heterocycles. The van der Waals surface area contributed by atoms with Gasteiger partial charge in [0.2, 0.25) is 0 Å². The van der Waals surface area contributed by atoms with E-state index in [2.05, 4.69) is 41.0 Å². The number of carbonyl (C=O) groups is 1. The number of halogens is 2. The van der Waals surface area contributed by atoms with Gasteiger partial charge >= 0.3 is 0 Å². The fourth-order valence-corrected chi connectivity index (χ4v) is 4.74. The number of hydrogen-bond acceptors (Lipinski definition) is 2. The summed E-state index contributed by atoms with van der Waals surface area (Å²) in [6, 6.07) is 22.4. The first-order chi connectivity index (χ1) is 17.3. The summed E-state index contributed by atoms with van der Waals surface area (Å²) < 4.78 is 18.1. The van der Waals surface area contributed by atoms with E-state index in [0.717, 1.165) is 28.7 Å². The number of fused-ring (bicyclic) bond motifs is 1. The molecule has 0 aliphatic carbocycles. The molecule has 0 bridgehead atoms. The zero-order valence-corrected chi connectivity index (χ0v) is 21.1.